The van der Waals surface area contributed by atoms with Gasteiger partial charge >= 0.3 is 5.97 Å². The first kappa shape index (κ1) is 19.3. The zero-order valence-electron chi connectivity index (χ0n) is 12.4. The highest BCUT2D eigenvalue weighted by molar-refractivity contribution is 5.84. The van der Waals surface area contributed by atoms with E-state index >= 15 is 0 Å². The summed E-state index contributed by atoms with van der Waals surface area (Å²) in [4.78, 5) is 33.6. The predicted molar refractivity (Wildman–Crippen MR) is 73.7 cm³/mol. The van der Waals surface area contributed by atoms with E-state index < -0.39 is 67.4 Å². The molecule has 11 heteroatoms. The Kier molecular flexibility index (Phi) is 6.84. The molecule has 0 bridgehead atoms. The maximum Gasteiger partial charge on any atom is 0.321 e. The molecule has 1 aliphatic heterocycles. The summed E-state index contributed by atoms with van der Waals surface area (Å²) < 4.78 is 5.25. The lowest BCUT2D eigenvalue weighted by Crippen LogP contribution is -2.68. The second-order valence-electron chi connectivity index (χ2n) is 5.20. The van der Waals surface area contributed by atoms with Crippen LogP contribution in [0, 0.1) is 0 Å². The molecule has 0 saturated carbocycles. The highest BCUT2D eigenvalue weighted by Gasteiger charge is 2.45. The standard InChI is InChI=1S/C12H21N3O8/c1-4(17)14-8-10(20)9(19)6(3-16)23-11(8)15-7(18)2-5(13)12(21)22/h5-6,8-11,16,19-20H,2-3,13H2,1H3,(H,14,17)(H,15,18)(H,21,22)/t5?,6?,8?,9?,10-,11?/m1/s1. The summed E-state index contributed by atoms with van der Waals surface area (Å²) in [5.74, 6) is -2.71. The van der Waals surface area contributed by atoms with Crippen LogP contribution in [-0.2, 0) is 19.1 Å². The highest BCUT2D eigenvalue weighted by Crippen LogP contribution is 2.20. The van der Waals surface area contributed by atoms with E-state index in [4.69, 9.17) is 20.7 Å². The number of carbonyl (C=O) groups excluding carboxylic acids is 2. The molecule has 1 heterocycles. The van der Waals surface area contributed by atoms with Crippen molar-refractivity contribution in [2.75, 3.05) is 6.61 Å². The number of carbonyl (C=O) groups is 3. The quantitative estimate of drug-likeness (QED) is 0.252. The minimum absolute atomic E-state index is 0.547. The number of carboxylic acids is 1. The molecule has 1 aliphatic rings. The van der Waals surface area contributed by atoms with Crippen LogP contribution in [-0.4, -0.2) is 81.4 Å². The molecular weight excluding hydrogens is 314 g/mol. The fourth-order valence-electron chi connectivity index (χ4n) is 2.14. The topological polar surface area (TPSA) is 191 Å². The Morgan fingerprint density at radius 3 is 2.30 bits per heavy atom. The second-order valence-corrected chi connectivity index (χ2v) is 5.20. The molecule has 1 saturated heterocycles. The summed E-state index contributed by atoms with van der Waals surface area (Å²) >= 11 is 0. The van der Waals surface area contributed by atoms with Crippen molar-refractivity contribution >= 4 is 17.8 Å². The van der Waals surface area contributed by atoms with Crippen LogP contribution in [0.4, 0.5) is 0 Å². The van der Waals surface area contributed by atoms with Crippen LogP contribution < -0.4 is 16.4 Å². The van der Waals surface area contributed by atoms with Gasteiger partial charge in [-0.3, -0.25) is 14.4 Å². The van der Waals surface area contributed by atoms with Gasteiger partial charge in [-0.1, -0.05) is 0 Å². The first-order chi connectivity index (χ1) is 10.7. The number of nitrogens with two attached hydrogens (primary N) is 1. The maximum absolute atomic E-state index is 11.8. The van der Waals surface area contributed by atoms with E-state index in [-0.39, 0.29) is 0 Å². The van der Waals surface area contributed by atoms with Crippen molar-refractivity contribution in [1.29, 1.82) is 0 Å². The highest BCUT2D eigenvalue weighted by atomic mass is 16.5. The second kappa shape index (κ2) is 8.17. The zero-order valence-corrected chi connectivity index (χ0v) is 12.4. The summed E-state index contributed by atoms with van der Waals surface area (Å²) in [5.41, 5.74) is 5.24. The van der Waals surface area contributed by atoms with Crippen molar-refractivity contribution in [3.05, 3.63) is 0 Å². The van der Waals surface area contributed by atoms with Crippen molar-refractivity contribution in [1.82, 2.24) is 10.6 Å². The minimum atomic E-state index is -1.51. The largest absolute Gasteiger partial charge is 0.480 e. The first-order valence-electron chi connectivity index (χ1n) is 6.84. The molecule has 23 heavy (non-hydrogen) atoms. The number of ether oxygens (including phenoxy) is 1. The van der Waals surface area contributed by atoms with E-state index in [1.54, 1.807) is 0 Å². The summed E-state index contributed by atoms with van der Waals surface area (Å²) in [6.45, 7) is 0.530. The van der Waals surface area contributed by atoms with Gasteiger partial charge < -0.3 is 41.5 Å². The number of aliphatic hydroxyl groups is 3. The van der Waals surface area contributed by atoms with Crippen molar-refractivity contribution in [2.24, 2.45) is 5.73 Å². The third-order valence-corrected chi connectivity index (χ3v) is 3.32. The number of aliphatic hydroxyl groups excluding tert-OH is 3. The zero-order chi connectivity index (χ0) is 17.7. The lowest BCUT2D eigenvalue weighted by Gasteiger charge is -2.42. The monoisotopic (exact) mass is 335 g/mol. The van der Waals surface area contributed by atoms with Gasteiger partial charge in [-0.15, -0.1) is 0 Å². The van der Waals surface area contributed by atoms with Crippen LogP contribution in [0.25, 0.3) is 0 Å². The van der Waals surface area contributed by atoms with Gasteiger partial charge in [0.15, 0.2) is 6.23 Å². The molecular formula is C12H21N3O8. The number of hydrogen-bond acceptors (Lipinski definition) is 8. The van der Waals surface area contributed by atoms with Gasteiger partial charge in [0.1, 0.15) is 30.4 Å². The SMILES string of the molecule is CC(=O)NC1C(NC(=O)CC(N)C(=O)O)OC(CO)C(O)[C@@H]1O. The Morgan fingerprint density at radius 1 is 1.22 bits per heavy atom. The van der Waals surface area contributed by atoms with Gasteiger partial charge in [0.2, 0.25) is 11.8 Å². The van der Waals surface area contributed by atoms with E-state index in [1.807, 2.05) is 0 Å². The number of nitrogens with one attached hydrogen (secondary N) is 2. The van der Waals surface area contributed by atoms with Gasteiger partial charge in [0.05, 0.1) is 13.0 Å². The molecule has 1 rings (SSSR count). The smallest absolute Gasteiger partial charge is 0.321 e. The summed E-state index contributed by atoms with van der Waals surface area (Å²) in [5, 5.41) is 42.2. The van der Waals surface area contributed by atoms with Crippen molar-refractivity contribution in [2.45, 2.75) is 50.0 Å². The van der Waals surface area contributed by atoms with Crippen molar-refractivity contribution in [3.63, 3.8) is 0 Å². The fourth-order valence-corrected chi connectivity index (χ4v) is 2.14. The molecule has 0 spiro atoms. The molecule has 2 amide bonds. The van der Waals surface area contributed by atoms with Crippen LogP contribution >= 0.6 is 0 Å². The third kappa shape index (κ3) is 5.11. The third-order valence-electron chi connectivity index (χ3n) is 3.32. The van der Waals surface area contributed by atoms with E-state index in [1.165, 1.54) is 0 Å². The Bertz CT molecular complexity index is 460. The Balaban J connectivity index is 2.82. The molecule has 11 nitrogen and oxygen atoms in total. The Morgan fingerprint density at radius 2 is 1.83 bits per heavy atom. The van der Waals surface area contributed by atoms with E-state index in [9.17, 15) is 24.6 Å². The van der Waals surface area contributed by atoms with Crippen LogP contribution in [0.5, 0.6) is 0 Å². The van der Waals surface area contributed by atoms with Gasteiger partial charge in [0, 0.05) is 6.92 Å². The Labute approximate surface area is 131 Å². The predicted octanol–water partition coefficient (Wildman–Crippen LogP) is -4.15. The first-order valence-corrected chi connectivity index (χ1v) is 6.84. The summed E-state index contributed by atoms with van der Waals surface area (Å²) in [6, 6.07) is -2.61. The molecule has 0 aromatic rings. The van der Waals surface area contributed by atoms with Gasteiger partial charge in [-0.25, -0.2) is 0 Å². The maximum atomic E-state index is 11.8. The van der Waals surface area contributed by atoms with Gasteiger partial charge in [-0.2, -0.15) is 0 Å². The number of hydrogen-bond donors (Lipinski definition) is 7. The minimum Gasteiger partial charge on any atom is -0.480 e. The average molecular weight is 335 g/mol. The van der Waals surface area contributed by atoms with Crippen molar-refractivity contribution in [3.8, 4) is 0 Å². The molecule has 8 N–H and O–H groups in total. The summed E-state index contributed by atoms with van der Waals surface area (Å²) in [6.07, 6.45) is -6.00. The molecule has 0 aromatic carbocycles. The fraction of sp³-hybridized carbons (Fsp3) is 0.750. The molecule has 132 valence electrons. The van der Waals surface area contributed by atoms with Gasteiger partial charge in [-0.05, 0) is 0 Å². The molecule has 1 fully saturated rings. The van der Waals surface area contributed by atoms with Crippen LogP contribution in [0.15, 0.2) is 0 Å². The van der Waals surface area contributed by atoms with Crippen LogP contribution in [0.2, 0.25) is 0 Å². The van der Waals surface area contributed by atoms with Crippen molar-refractivity contribution < 1.29 is 39.5 Å². The molecule has 5 unspecified atom stereocenters. The van der Waals surface area contributed by atoms with Crippen LogP contribution in [0.1, 0.15) is 13.3 Å². The van der Waals surface area contributed by atoms with E-state index in [0.717, 1.165) is 6.92 Å². The molecule has 0 radical (unpaired) electrons. The number of carboxylic acid groups (broad SMARTS) is 1. The number of aliphatic carboxylic acids is 1. The lowest BCUT2D eigenvalue weighted by atomic mass is 9.95. The van der Waals surface area contributed by atoms with E-state index in [2.05, 4.69) is 10.6 Å². The average Bonchev–Trinajstić information content (AvgIpc) is 2.46. The molecule has 6 atom stereocenters. The Hall–Kier alpha value is -1.79. The number of rotatable bonds is 6. The molecule has 0 aromatic heterocycles. The molecule has 0 aliphatic carbocycles. The number of amides is 2. The van der Waals surface area contributed by atoms with E-state index in [0.29, 0.717) is 0 Å². The lowest BCUT2D eigenvalue weighted by molar-refractivity contribution is -0.203. The normalized spacial score (nSPS) is 32.0. The summed E-state index contributed by atoms with van der Waals surface area (Å²) in [7, 11) is 0. The van der Waals surface area contributed by atoms with Crippen LogP contribution in [0.3, 0.4) is 0 Å². The van der Waals surface area contributed by atoms with Gasteiger partial charge in [0.25, 0.3) is 0 Å².